The minimum absolute atomic E-state index is 0.0174. The van der Waals surface area contributed by atoms with Gasteiger partial charge in [0.15, 0.2) is 11.6 Å². The summed E-state index contributed by atoms with van der Waals surface area (Å²) in [5.74, 6) is -0.584. The molecule has 1 atom stereocenters. The summed E-state index contributed by atoms with van der Waals surface area (Å²) in [6.45, 7) is 2.56. The lowest BCUT2D eigenvalue weighted by Crippen LogP contribution is -2.18. The van der Waals surface area contributed by atoms with Crippen molar-refractivity contribution in [2.75, 3.05) is 7.11 Å². The van der Waals surface area contributed by atoms with E-state index in [2.05, 4.69) is 5.32 Å². The molecule has 0 aliphatic carbocycles. The summed E-state index contributed by atoms with van der Waals surface area (Å²) >= 11 is 0. The molecule has 5 heteroatoms. The van der Waals surface area contributed by atoms with Gasteiger partial charge in [-0.05, 0) is 42.3 Å². The van der Waals surface area contributed by atoms with E-state index in [0.29, 0.717) is 12.1 Å². The molecule has 0 saturated carbocycles. The molecule has 0 heterocycles. The SMILES string of the molecule is COc1ccc([C@H](C)NCc2ccc(C(N)=O)cc2)cc1F. The molecule has 0 bridgehead atoms. The Bertz CT molecular complexity index is 656. The first-order valence-corrected chi connectivity index (χ1v) is 6.97. The van der Waals surface area contributed by atoms with Gasteiger partial charge in [-0.1, -0.05) is 18.2 Å². The van der Waals surface area contributed by atoms with Gasteiger partial charge in [-0.3, -0.25) is 4.79 Å². The molecule has 0 saturated heterocycles. The van der Waals surface area contributed by atoms with Crippen molar-refractivity contribution >= 4 is 5.91 Å². The fraction of sp³-hybridized carbons (Fsp3) is 0.235. The predicted octanol–water partition coefficient (Wildman–Crippen LogP) is 2.78. The summed E-state index contributed by atoms with van der Waals surface area (Å²) in [5, 5.41) is 3.30. The van der Waals surface area contributed by atoms with E-state index in [0.717, 1.165) is 11.1 Å². The average molecular weight is 302 g/mol. The first-order valence-electron chi connectivity index (χ1n) is 6.97. The molecule has 22 heavy (non-hydrogen) atoms. The second-order valence-electron chi connectivity index (χ2n) is 5.06. The van der Waals surface area contributed by atoms with Crippen molar-refractivity contribution in [3.63, 3.8) is 0 Å². The monoisotopic (exact) mass is 302 g/mol. The van der Waals surface area contributed by atoms with Crippen molar-refractivity contribution < 1.29 is 13.9 Å². The number of ether oxygens (including phenoxy) is 1. The number of rotatable bonds is 6. The number of methoxy groups -OCH3 is 1. The van der Waals surface area contributed by atoms with Crippen LogP contribution in [0, 0.1) is 5.82 Å². The highest BCUT2D eigenvalue weighted by atomic mass is 19.1. The molecule has 2 aromatic carbocycles. The van der Waals surface area contributed by atoms with Gasteiger partial charge in [0.25, 0.3) is 0 Å². The zero-order valence-corrected chi connectivity index (χ0v) is 12.6. The fourth-order valence-electron chi connectivity index (χ4n) is 2.13. The number of halogens is 1. The Kier molecular flexibility index (Phi) is 5.12. The number of nitrogens with two attached hydrogens (primary N) is 1. The van der Waals surface area contributed by atoms with Crippen molar-refractivity contribution in [2.45, 2.75) is 19.5 Å². The van der Waals surface area contributed by atoms with Gasteiger partial charge in [0, 0.05) is 18.2 Å². The van der Waals surface area contributed by atoms with Crippen LogP contribution in [0.25, 0.3) is 0 Å². The lowest BCUT2D eigenvalue weighted by atomic mass is 10.1. The number of benzene rings is 2. The average Bonchev–Trinajstić information content (AvgIpc) is 2.52. The van der Waals surface area contributed by atoms with Crippen LogP contribution in [-0.4, -0.2) is 13.0 Å². The van der Waals surface area contributed by atoms with Crippen LogP contribution in [0.4, 0.5) is 4.39 Å². The minimum atomic E-state index is -0.443. The van der Waals surface area contributed by atoms with Gasteiger partial charge in [0.1, 0.15) is 0 Å². The van der Waals surface area contributed by atoms with E-state index in [9.17, 15) is 9.18 Å². The molecule has 0 aliphatic heterocycles. The molecule has 2 rings (SSSR count). The molecule has 0 radical (unpaired) electrons. The van der Waals surface area contributed by atoms with Crippen LogP contribution in [0.15, 0.2) is 42.5 Å². The number of hydrogen-bond acceptors (Lipinski definition) is 3. The maximum atomic E-state index is 13.7. The molecule has 0 aromatic heterocycles. The molecule has 4 nitrogen and oxygen atoms in total. The number of carbonyl (C=O) groups is 1. The third-order valence-corrected chi connectivity index (χ3v) is 3.53. The Hall–Kier alpha value is -2.40. The largest absolute Gasteiger partial charge is 0.494 e. The number of carbonyl (C=O) groups excluding carboxylic acids is 1. The number of hydrogen-bond donors (Lipinski definition) is 2. The van der Waals surface area contributed by atoms with Crippen LogP contribution in [0.1, 0.15) is 34.5 Å². The Morgan fingerprint density at radius 1 is 1.27 bits per heavy atom. The van der Waals surface area contributed by atoms with E-state index in [1.165, 1.54) is 13.2 Å². The number of primary amides is 1. The number of nitrogens with one attached hydrogen (secondary N) is 1. The highest BCUT2D eigenvalue weighted by Gasteiger charge is 2.09. The summed E-state index contributed by atoms with van der Waals surface area (Å²) in [7, 11) is 1.44. The van der Waals surface area contributed by atoms with Crippen molar-refractivity contribution in [2.24, 2.45) is 5.73 Å². The molecular formula is C17H19FN2O2. The van der Waals surface area contributed by atoms with E-state index in [-0.39, 0.29) is 17.6 Å². The van der Waals surface area contributed by atoms with E-state index in [4.69, 9.17) is 10.5 Å². The highest BCUT2D eigenvalue weighted by Crippen LogP contribution is 2.22. The zero-order valence-electron chi connectivity index (χ0n) is 12.6. The van der Waals surface area contributed by atoms with Crippen LogP contribution in [-0.2, 0) is 6.54 Å². The maximum Gasteiger partial charge on any atom is 0.248 e. The van der Waals surface area contributed by atoms with Crippen molar-refractivity contribution in [1.29, 1.82) is 0 Å². The van der Waals surface area contributed by atoms with Gasteiger partial charge in [-0.2, -0.15) is 0 Å². The topological polar surface area (TPSA) is 64.3 Å². The van der Waals surface area contributed by atoms with Gasteiger partial charge in [-0.15, -0.1) is 0 Å². The van der Waals surface area contributed by atoms with Gasteiger partial charge in [-0.25, -0.2) is 4.39 Å². The summed E-state index contributed by atoms with van der Waals surface area (Å²) in [4.78, 5) is 11.0. The van der Waals surface area contributed by atoms with E-state index in [1.807, 2.05) is 25.1 Å². The van der Waals surface area contributed by atoms with Crippen molar-refractivity contribution in [3.8, 4) is 5.75 Å². The highest BCUT2D eigenvalue weighted by molar-refractivity contribution is 5.92. The summed E-state index contributed by atoms with van der Waals surface area (Å²) in [5.41, 5.74) is 7.54. The van der Waals surface area contributed by atoms with Gasteiger partial charge in [0.05, 0.1) is 7.11 Å². The summed E-state index contributed by atoms with van der Waals surface area (Å²) in [6, 6.07) is 12.0. The third kappa shape index (κ3) is 3.83. The Balaban J connectivity index is 1.98. The van der Waals surface area contributed by atoms with Crippen LogP contribution in [0.3, 0.4) is 0 Å². The smallest absolute Gasteiger partial charge is 0.248 e. The standard InChI is InChI=1S/C17H19FN2O2/c1-11(14-7-8-16(22-2)15(18)9-14)20-10-12-3-5-13(6-4-12)17(19)21/h3-9,11,20H,10H2,1-2H3,(H2,19,21)/t11-/m0/s1. The molecule has 0 spiro atoms. The van der Waals surface area contributed by atoms with Crippen molar-refractivity contribution in [1.82, 2.24) is 5.32 Å². The van der Waals surface area contributed by atoms with Crippen LogP contribution >= 0.6 is 0 Å². The molecule has 3 N–H and O–H groups in total. The second kappa shape index (κ2) is 7.04. The molecule has 2 aromatic rings. The zero-order chi connectivity index (χ0) is 16.1. The van der Waals surface area contributed by atoms with E-state index < -0.39 is 5.91 Å². The molecular weight excluding hydrogens is 283 g/mol. The lowest BCUT2D eigenvalue weighted by Gasteiger charge is -2.15. The quantitative estimate of drug-likeness (QED) is 0.862. The van der Waals surface area contributed by atoms with Gasteiger partial charge >= 0.3 is 0 Å². The normalized spacial score (nSPS) is 12.0. The first kappa shape index (κ1) is 16.0. The minimum Gasteiger partial charge on any atom is -0.494 e. The first-order chi connectivity index (χ1) is 10.5. The summed E-state index contributed by atoms with van der Waals surface area (Å²) in [6.07, 6.45) is 0. The second-order valence-corrected chi connectivity index (χ2v) is 5.06. The maximum absolute atomic E-state index is 13.7. The third-order valence-electron chi connectivity index (χ3n) is 3.53. The van der Waals surface area contributed by atoms with Crippen LogP contribution in [0.2, 0.25) is 0 Å². The molecule has 116 valence electrons. The van der Waals surface area contributed by atoms with Gasteiger partial charge < -0.3 is 15.8 Å². The van der Waals surface area contributed by atoms with Crippen molar-refractivity contribution in [3.05, 3.63) is 65.0 Å². The lowest BCUT2D eigenvalue weighted by molar-refractivity contribution is 0.100. The molecule has 0 fully saturated rings. The van der Waals surface area contributed by atoms with Crippen LogP contribution in [0.5, 0.6) is 5.75 Å². The molecule has 0 unspecified atom stereocenters. The Labute approximate surface area is 129 Å². The Morgan fingerprint density at radius 2 is 1.95 bits per heavy atom. The van der Waals surface area contributed by atoms with E-state index >= 15 is 0 Å². The van der Waals surface area contributed by atoms with Crippen LogP contribution < -0.4 is 15.8 Å². The van der Waals surface area contributed by atoms with E-state index in [1.54, 1.807) is 18.2 Å². The fourth-order valence-corrected chi connectivity index (χ4v) is 2.13. The Morgan fingerprint density at radius 3 is 2.50 bits per heavy atom. The number of amides is 1. The predicted molar refractivity (Wildman–Crippen MR) is 83.2 cm³/mol. The summed E-state index contributed by atoms with van der Waals surface area (Å²) < 4.78 is 18.6. The molecule has 1 amide bonds. The van der Waals surface area contributed by atoms with Gasteiger partial charge in [0.2, 0.25) is 5.91 Å². The molecule has 0 aliphatic rings.